The molecule has 5 aromatic rings. The summed E-state index contributed by atoms with van der Waals surface area (Å²) in [6.45, 7) is 12.9. The summed E-state index contributed by atoms with van der Waals surface area (Å²) in [7, 11) is 0. The van der Waals surface area contributed by atoms with Gasteiger partial charge in [0.2, 0.25) is 11.8 Å². The fourth-order valence-corrected chi connectivity index (χ4v) is 14.8. The molecule has 89 heavy (non-hydrogen) atoms. The third-order valence-corrected chi connectivity index (χ3v) is 20.1. The molecule has 15 nitrogen and oxygen atoms in total. The van der Waals surface area contributed by atoms with Crippen molar-refractivity contribution < 1.29 is 50.7 Å². The fourth-order valence-electron chi connectivity index (χ4n) is 13.4. The average molecular weight is 1280 g/mol. The summed E-state index contributed by atoms with van der Waals surface area (Å²) in [5.74, 6) is -1.45. The Morgan fingerprint density at radius 1 is 0.775 bits per heavy atom. The first kappa shape index (κ1) is 64.4. The summed E-state index contributed by atoms with van der Waals surface area (Å²) in [6, 6.07) is 34.3. The van der Waals surface area contributed by atoms with E-state index in [0.717, 1.165) is 164 Å². The number of benzene rings is 5. The smallest absolute Gasteiger partial charge is 0.380 e. The number of piperidine rings is 2. The Morgan fingerprint density at radius 2 is 1.53 bits per heavy atom. The number of rotatable bonds is 22. The number of allylic oxidation sites excluding steroid dienone is 1. The highest BCUT2D eigenvalue weighted by molar-refractivity contribution is 7.99. The second kappa shape index (κ2) is 29.9. The number of nitrogens with one attached hydrogen (secondary N) is 3. The second-order valence-electron chi connectivity index (χ2n) is 24.4. The highest BCUT2D eigenvalue weighted by atomic mass is 35.5. The number of thioether (sulfide) groups is 1. The summed E-state index contributed by atoms with van der Waals surface area (Å²) < 4.78 is 65.6. The van der Waals surface area contributed by atoms with Crippen LogP contribution in [0.15, 0.2) is 126 Å². The topological polar surface area (TPSA) is 148 Å². The summed E-state index contributed by atoms with van der Waals surface area (Å²) in [4.78, 5) is 69.4. The number of amides is 3. The normalized spacial score (nSPS) is 21.4. The van der Waals surface area contributed by atoms with Gasteiger partial charge in [0, 0.05) is 136 Å². The lowest BCUT2D eigenvalue weighted by atomic mass is 9.69. The van der Waals surface area contributed by atoms with Crippen LogP contribution in [0.2, 0.25) is 5.02 Å². The maximum Gasteiger partial charge on any atom is 0.471 e. The number of halogens is 5. The Labute approximate surface area is 531 Å². The lowest BCUT2D eigenvalue weighted by molar-refractivity contribution is -0.134. The van der Waals surface area contributed by atoms with Gasteiger partial charge in [-0.05, 0) is 172 Å². The molecule has 3 unspecified atom stereocenters. The molecule has 22 heteroatoms. The molecule has 6 aliphatic rings. The quantitative estimate of drug-likeness (QED) is 0.0115. The van der Waals surface area contributed by atoms with E-state index in [1.165, 1.54) is 34.9 Å². The Balaban J connectivity index is 0.688. The van der Waals surface area contributed by atoms with E-state index in [1.54, 1.807) is 42.1 Å². The average Bonchev–Trinajstić information content (AvgIpc) is 2.40. The first-order chi connectivity index (χ1) is 43.1. The molecular formula is C67H77ClF4N8O7S2. The number of hydrogen-bond acceptors (Lipinski definition) is 15. The molecule has 5 saturated heterocycles. The number of ether oxygens (including phenoxy) is 1. The van der Waals surface area contributed by atoms with Crippen molar-refractivity contribution >= 4 is 81.5 Å². The van der Waals surface area contributed by atoms with Crippen LogP contribution in [0.4, 0.5) is 34.6 Å². The number of hydrogen-bond donors (Lipinski definition) is 3. The standard InChI is InChI=1S/C67H77ClF4N8O7S2/c68-51-12-7-47(8-13-51)56-21-25-66(26-31-78(45-66)42-46-22-29-79(30-23-46)54-16-17-57(58(69)40-54)64(83)74-60-19-20-62(81)75-65(60)84)41-50(56)43-77-32-34-80(35-33-77)53-14-9-48(10-15-53)63(82)49-11-18-59(61(39-49)86-87-89-67(70,71)72)73-52(44-88-55-5-2-1-3-6-55)24-28-76-27-4-37-85-38-36-76/h1-3,5-18,39-40,46,52,60,73H,4,19-38,41-45H2,(H,74,83)(H,75,81,84). The molecule has 5 fully saturated rings. The Morgan fingerprint density at radius 3 is 2.28 bits per heavy atom. The predicted octanol–water partition coefficient (Wildman–Crippen LogP) is 11.8. The molecule has 0 radical (unpaired) electrons. The summed E-state index contributed by atoms with van der Waals surface area (Å²) >= 11 is 7.33. The van der Waals surface area contributed by atoms with Crippen molar-refractivity contribution in [3.8, 4) is 5.75 Å². The first-order valence-corrected chi connectivity index (χ1v) is 33.2. The highest BCUT2D eigenvalue weighted by Crippen LogP contribution is 2.49. The SMILES string of the molecule is O=C1CCC(NC(=O)c2ccc(N3CCC(CN4CCC5(CCC(c6ccc(Cl)cc6)=C(CN6CCN(c7ccc(C(=O)c8ccc(NC(CCN9CCCOCC9)CSc9ccccc9)c(OOSC(F)(F)F)c8)cc7)CC6)C5)C4)CC3)cc2F)C(=O)N1. The van der Waals surface area contributed by atoms with Gasteiger partial charge in [-0.15, -0.1) is 16.1 Å². The lowest BCUT2D eigenvalue weighted by Gasteiger charge is -2.41. The summed E-state index contributed by atoms with van der Waals surface area (Å²) in [5.41, 5.74) is 2.33. The van der Waals surface area contributed by atoms with Crippen molar-refractivity contribution in [2.45, 2.75) is 86.7 Å². The van der Waals surface area contributed by atoms with Gasteiger partial charge in [-0.25, -0.2) is 4.39 Å². The van der Waals surface area contributed by atoms with Crippen LogP contribution in [0.3, 0.4) is 0 Å². The first-order valence-electron chi connectivity index (χ1n) is 31.1. The van der Waals surface area contributed by atoms with Crippen LogP contribution in [0, 0.1) is 17.2 Å². The monoisotopic (exact) mass is 1280 g/mol. The molecule has 474 valence electrons. The third-order valence-electron chi connectivity index (χ3n) is 18.3. The van der Waals surface area contributed by atoms with Gasteiger partial charge in [0.15, 0.2) is 23.6 Å². The molecule has 1 aliphatic carbocycles. The zero-order valence-electron chi connectivity index (χ0n) is 49.9. The number of ketones is 1. The van der Waals surface area contributed by atoms with Gasteiger partial charge in [-0.1, -0.05) is 47.5 Å². The van der Waals surface area contributed by atoms with E-state index in [-0.39, 0.29) is 52.9 Å². The van der Waals surface area contributed by atoms with E-state index in [0.29, 0.717) is 29.5 Å². The Bertz CT molecular complexity index is 3290. The van der Waals surface area contributed by atoms with Gasteiger partial charge in [0.1, 0.15) is 11.9 Å². The maximum atomic E-state index is 15.4. The number of nitrogens with zero attached hydrogens (tertiary/aromatic N) is 5. The molecule has 5 aliphatic heterocycles. The van der Waals surface area contributed by atoms with E-state index in [9.17, 15) is 32.3 Å². The van der Waals surface area contributed by atoms with Gasteiger partial charge in [-0.2, -0.15) is 13.2 Å². The van der Waals surface area contributed by atoms with Gasteiger partial charge in [0.25, 0.3) is 5.91 Å². The molecule has 11 rings (SSSR count). The summed E-state index contributed by atoms with van der Waals surface area (Å²) in [5, 5.41) is 9.02. The molecular weight excluding hydrogens is 1200 g/mol. The molecule has 0 saturated carbocycles. The van der Waals surface area contributed by atoms with E-state index in [2.05, 4.69) is 56.9 Å². The van der Waals surface area contributed by atoms with Crippen LogP contribution in [-0.4, -0.2) is 160 Å². The molecule has 5 aromatic carbocycles. The molecule has 3 atom stereocenters. The zero-order chi connectivity index (χ0) is 61.9. The summed E-state index contributed by atoms with van der Waals surface area (Å²) in [6.07, 6.45) is 8.26. The minimum absolute atomic E-state index is 0.0291. The second-order valence-corrected chi connectivity index (χ2v) is 26.7. The van der Waals surface area contributed by atoms with Crippen LogP contribution in [0.25, 0.3) is 5.57 Å². The van der Waals surface area contributed by atoms with Gasteiger partial charge in [0.05, 0.1) is 17.9 Å². The van der Waals surface area contributed by atoms with Crippen LogP contribution >= 0.6 is 35.4 Å². The number of likely N-dealkylation sites (tertiary alicyclic amines) is 1. The van der Waals surface area contributed by atoms with Crippen LogP contribution in [0.1, 0.15) is 96.1 Å². The van der Waals surface area contributed by atoms with Crippen molar-refractivity contribution in [2.24, 2.45) is 11.3 Å². The third kappa shape index (κ3) is 17.5. The molecule has 3 N–H and O–H groups in total. The number of imide groups is 1. The molecule has 1 spiro atoms. The number of carbonyl (C=O) groups is 4. The van der Waals surface area contributed by atoms with Gasteiger partial charge < -0.3 is 39.9 Å². The van der Waals surface area contributed by atoms with Crippen molar-refractivity contribution in [1.29, 1.82) is 0 Å². The fraction of sp³-hybridized carbons (Fsp3) is 0.463. The minimum atomic E-state index is -4.71. The van der Waals surface area contributed by atoms with Gasteiger partial charge in [-0.3, -0.25) is 29.4 Å². The van der Waals surface area contributed by atoms with E-state index in [4.69, 9.17) is 21.2 Å². The molecule has 0 aromatic heterocycles. The van der Waals surface area contributed by atoms with Gasteiger partial charge >= 0.3 is 5.51 Å². The van der Waals surface area contributed by atoms with E-state index in [1.807, 2.05) is 54.6 Å². The van der Waals surface area contributed by atoms with Crippen LogP contribution < -0.4 is 30.6 Å². The highest BCUT2D eigenvalue weighted by Gasteiger charge is 2.43. The van der Waals surface area contributed by atoms with Crippen molar-refractivity contribution in [2.75, 3.05) is 119 Å². The largest absolute Gasteiger partial charge is 0.471 e. The zero-order valence-corrected chi connectivity index (χ0v) is 52.3. The number of carbonyl (C=O) groups excluding carboxylic acids is 4. The van der Waals surface area contributed by atoms with Crippen LogP contribution in [-0.2, 0) is 18.7 Å². The number of alkyl halides is 3. The van der Waals surface area contributed by atoms with Crippen molar-refractivity contribution in [3.63, 3.8) is 0 Å². The van der Waals surface area contributed by atoms with Crippen molar-refractivity contribution in [3.05, 3.63) is 154 Å². The van der Waals surface area contributed by atoms with Crippen LogP contribution in [0.5, 0.6) is 5.75 Å². The number of anilines is 3. The molecule has 0 bridgehead atoms. The van der Waals surface area contributed by atoms with Crippen molar-refractivity contribution in [1.82, 2.24) is 25.3 Å². The lowest BCUT2D eigenvalue weighted by Crippen LogP contribution is -2.52. The molecule has 3 amide bonds. The predicted molar refractivity (Wildman–Crippen MR) is 342 cm³/mol. The number of piperazine rings is 1. The maximum absolute atomic E-state index is 15.4. The molecule has 5 heterocycles. The minimum Gasteiger partial charge on any atom is -0.380 e. The Hall–Kier alpha value is -6.17. The van der Waals surface area contributed by atoms with E-state index >= 15 is 4.39 Å². The van der Waals surface area contributed by atoms with E-state index < -0.39 is 41.2 Å². The Kier molecular flexibility index (Phi) is 21.6.